The van der Waals surface area contributed by atoms with E-state index in [2.05, 4.69) is 0 Å². The molecule has 0 saturated heterocycles. The van der Waals surface area contributed by atoms with Crippen molar-refractivity contribution in [1.29, 1.82) is 0 Å². The van der Waals surface area contributed by atoms with Crippen LogP contribution in [0.2, 0.25) is 5.02 Å². The molecule has 0 saturated carbocycles. The van der Waals surface area contributed by atoms with Crippen LogP contribution < -0.4 is 0 Å². The molecule has 0 bridgehead atoms. The van der Waals surface area contributed by atoms with E-state index in [1.165, 1.54) is 12.1 Å². The van der Waals surface area contributed by atoms with Gasteiger partial charge in [-0.3, -0.25) is 9.69 Å². The van der Waals surface area contributed by atoms with Crippen LogP contribution in [0, 0.1) is 5.82 Å². The van der Waals surface area contributed by atoms with Crippen molar-refractivity contribution in [3.05, 3.63) is 70.5 Å². The molecule has 0 spiro atoms. The third kappa shape index (κ3) is 4.15. The third-order valence-corrected chi connectivity index (χ3v) is 3.18. The minimum atomic E-state index is -0.392. The van der Waals surface area contributed by atoms with Crippen molar-refractivity contribution in [2.45, 2.75) is 6.54 Å². The second-order valence-corrected chi connectivity index (χ2v) is 5.17. The Kier molecular flexibility index (Phi) is 4.88. The summed E-state index contributed by atoms with van der Waals surface area (Å²) in [6, 6.07) is 13.2. The van der Waals surface area contributed by atoms with Crippen LogP contribution in [0.4, 0.5) is 4.39 Å². The second kappa shape index (κ2) is 6.64. The topological polar surface area (TPSA) is 20.3 Å². The summed E-state index contributed by atoms with van der Waals surface area (Å²) in [5.74, 6) is -0.489. The molecular formula is C16H15ClFNO. The molecular weight excluding hydrogens is 277 g/mol. The second-order valence-electron chi connectivity index (χ2n) is 4.73. The Balaban J connectivity index is 1.95. The minimum Gasteiger partial charge on any atom is -0.295 e. The molecule has 2 aromatic rings. The largest absolute Gasteiger partial charge is 0.295 e. The van der Waals surface area contributed by atoms with Crippen LogP contribution in [0.25, 0.3) is 0 Å². The molecule has 0 aliphatic heterocycles. The Morgan fingerprint density at radius 1 is 1.20 bits per heavy atom. The highest BCUT2D eigenvalue weighted by atomic mass is 35.5. The molecule has 0 heterocycles. The molecule has 0 aromatic heterocycles. The van der Waals surface area contributed by atoms with Gasteiger partial charge in [-0.25, -0.2) is 4.39 Å². The molecule has 0 N–H and O–H groups in total. The SMILES string of the molecule is CN(CC(=O)c1cccc(F)c1)Cc1ccc(Cl)cc1. The number of hydrogen-bond donors (Lipinski definition) is 0. The zero-order chi connectivity index (χ0) is 14.5. The Hall–Kier alpha value is -1.71. The number of hydrogen-bond acceptors (Lipinski definition) is 2. The molecule has 2 rings (SSSR count). The molecule has 0 radical (unpaired) electrons. The maximum atomic E-state index is 13.1. The molecule has 4 heteroatoms. The van der Waals surface area contributed by atoms with Crippen LogP contribution in [-0.4, -0.2) is 24.3 Å². The number of halogens is 2. The number of likely N-dealkylation sites (N-methyl/N-ethyl adjacent to an activating group) is 1. The van der Waals surface area contributed by atoms with E-state index in [9.17, 15) is 9.18 Å². The molecule has 0 fully saturated rings. The Bertz CT molecular complexity index is 598. The summed E-state index contributed by atoms with van der Waals surface area (Å²) >= 11 is 5.82. The van der Waals surface area contributed by atoms with Crippen molar-refractivity contribution < 1.29 is 9.18 Å². The van der Waals surface area contributed by atoms with Gasteiger partial charge in [0.1, 0.15) is 5.82 Å². The van der Waals surface area contributed by atoms with Gasteiger partial charge in [-0.05, 0) is 36.9 Å². The lowest BCUT2D eigenvalue weighted by Crippen LogP contribution is -2.25. The Morgan fingerprint density at radius 3 is 2.55 bits per heavy atom. The first-order valence-electron chi connectivity index (χ1n) is 6.26. The van der Waals surface area contributed by atoms with Gasteiger partial charge in [-0.15, -0.1) is 0 Å². The number of Topliss-reactive ketones (excluding diaryl/α,β-unsaturated/α-hetero) is 1. The lowest BCUT2D eigenvalue weighted by Gasteiger charge is -2.16. The number of rotatable bonds is 5. The van der Waals surface area contributed by atoms with E-state index in [1.54, 1.807) is 12.1 Å². The van der Waals surface area contributed by atoms with Crippen molar-refractivity contribution in [2.24, 2.45) is 0 Å². The quantitative estimate of drug-likeness (QED) is 0.781. The van der Waals surface area contributed by atoms with Gasteiger partial charge in [0.2, 0.25) is 0 Å². The van der Waals surface area contributed by atoms with Crippen LogP contribution in [0.1, 0.15) is 15.9 Å². The van der Waals surface area contributed by atoms with Crippen LogP contribution in [-0.2, 0) is 6.54 Å². The zero-order valence-corrected chi connectivity index (χ0v) is 11.9. The van der Waals surface area contributed by atoms with Gasteiger partial charge in [-0.1, -0.05) is 35.9 Å². The van der Waals surface area contributed by atoms with Gasteiger partial charge in [0, 0.05) is 17.1 Å². The van der Waals surface area contributed by atoms with Gasteiger partial charge in [-0.2, -0.15) is 0 Å². The van der Waals surface area contributed by atoms with Crippen molar-refractivity contribution in [3.63, 3.8) is 0 Å². The summed E-state index contributed by atoms with van der Waals surface area (Å²) in [7, 11) is 1.85. The molecule has 0 unspecified atom stereocenters. The molecule has 0 aliphatic carbocycles. The summed E-state index contributed by atoms with van der Waals surface area (Å²) in [4.78, 5) is 13.9. The van der Waals surface area contributed by atoms with Crippen molar-refractivity contribution >= 4 is 17.4 Å². The van der Waals surface area contributed by atoms with Gasteiger partial charge < -0.3 is 0 Å². The first kappa shape index (κ1) is 14.7. The van der Waals surface area contributed by atoms with Gasteiger partial charge in [0.25, 0.3) is 0 Å². The molecule has 20 heavy (non-hydrogen) atoms. The maximum Gasteiger partial charge on any atom is 0.176 e. The van der Waals surface area contributed by atoms with Crippen LogP contribution in [0.5, 0.6) is 0 Å². The normalized spacial score (nSPS) is 10.8. The average molecular weight is 292 g/mol. The fourth-order valence-corrected chi connectivity index (χ4v) is 2.08. The number of ketones is 1. The van der Waals surface area contributed by atoms with Crippen LogP contribution >= 0.6 is 11.6 Å². The average Bonchev–Trinajstić information content (AvgIpc) is 2.41. The Labute approximate surface area is 122 Å². The predicted octanol–water partition coefficient (Wildman–Crippen LogP) is 3.79. The highest BCUT2D eigenvalue weighted by Gasteiger charge is 2.10. The van der Waals surface area contributed by atoms with Gasteiger partial charge >= 0.3 is 0 Å². The predicted molar refractivity (Wildman–Crippen MR) is 78.5 cm³/mol. The fourth-order valence-electron chi connectivity index (χ4n) is 1.96. The lowest BCUT2D eigenvalue weighted by atomic mass is 10.1. The Morgan fingerprint density at radius 2 is 1.90 bits per heavy atom. The standard InChI is InChI=1S/C16H15ClFNO/c1-19(10-12-5-7-14(17)8-6-12)11-16(20)13-3-2-4-15(18)9-13/h2-9H,10-11H2,1H3. The van der Waals surface area contributed by atoms with Gasteiger partial charge in [0.15, 0.2) is 5.78 Å². The number of nitrogens with zero attached hydrogens (tertiary/aromatic N) is 1. The molecule has 104 valence electrons. The molecule has 0 atom stereocenters. The van der Waals surface area contributed by atoms with Crippen LogP contribution in [0.15, 0.2) is 48.5 Å². The van der Waals surface area contributed by atoms with E-state index in [0.29, 0.717) is 17.1 Å². The zero-order valence-electron chi connectivity index (χ0n) is 11.1. The smallest absolute Gasteiger partial charge is 0.176 e. The monoisotopic (exact) mass is 291 g/mol. The van der Waals surface area contributed by atoms with Crippen molar-refractivity contribution in [1.82, 2.24) is 4.90 Å². The summed E-state index contributed by atoms with van der Waals surface area (Å²) in [5, 5.41) is 0.687. The van der Waals surface area contributed by atoms with Gasteiger partial charge in [0.05, 0.1) is 6.54 Å². The first-order chi connectivity index (χ1) is 9.54. The summed E-state index contributed by atoms with van der Waals surface area (Å²) in [5.41, 5.74) is 1.47. The van der Waals surface area contributed by atoms with E-state index in [-0.39, 0.29) is 12.3 Å². The lowest BCUT2D eigenvalue weighted by molar-refractivity contribution is 0.0942. The van der Waals surface area contributed by atoms with E-state index in [4.69, 9.17) is 11.6 Å². The highest BCUT2D eigenvalue weighted by molar-refractivity contribution is 6.30. The summed E-state index contributed by atoms with van der Waals surface area (Å²) in [6.07, 6.45) is 0. The third-order valence-electron chi connectivity index (χ3n) is 2.93. The van der Waals surface area contributed by atoms with E-state index in [1.807, 2.05) is 36.2 Å². The first-order valence-corrected chi connectivity index (χ1v) is 6.64. The number of carbonyl (C=O) groups excluding carboxylic acids is 1. The van der Waals surface area contributed by atoms with Crippen molar-refractivity contribution in [2.75, 3.05) is 13.6 Å². The molecule has 2 aromatic carbocycles. The summed E-state index contributed by atoms with van der Waals surface area (Å²) < 4.78 is 13.1. The number of carbonyl (C=O) groups is 1. The highest BCUT2D eigenvalue weighted by Crippen LogP contribution is 2.11. The van der Waals surface area contributed by atoms with E-state index < -0.39 is 5.82 Å². The molecule has 2 nitrogen and oxygen atoms in total. The number of benzene rings is 2. The molecule has 0 aliphatic rings. The molecule has 0 amide bonds. The fraction of sp³-hybridized carbons (Fsp3) is 0.188. The van der Waals surface area contributed by atoms with Crippen LogP contribution in [0.3, 0.4) is 0 Å². The van der Waals surface area contributed by atoms with Crippen molar-refractivity contribution in [3.8, 4) is 0 Å². The van der Waals surface area contributed by atoms with E-state index in [0.717, 1.165) is 5.56 Å². The maximum absolute atomic E-state index is 13.1. The minimum absolute atomic E-state index is 0.0963. The van der Waals surface area contributed by atoms with E-state index >= 15 is 0 Å². The summed E-state index contributed by atoms with van der Waals surface area (Å²) in [6.45, 7) is 0.879.